The first kappa shape index (κ1) is 12.0. The quantitative estimate of drug-likeness (QED) is 0.871. The Morgan fingerprint density at radius 2 is 2.06 bits per heavy atom. The summed E-state index contributed by atoms with van der Waals surface area (Å²) in [6, 6.07) is 4.10. The van der Waals surface area contributed by atoms with Crippen LogP contribution < -0.4 is 4.74 Å². The Labute approximate surface area is 101 Å². The van der Waals surface area contributed by atoms with Crippen molar-refractivity contribution < 1.29 is 14.6 Å². The first-order valence-electron chi connectivity index (χ1n) is 5.86. The van der Waals surface area contributed by atoms with Crippen molar-refractivity contribution in [3.63, 3.8) is 0 Å². The van der Waals surface area contributed by atoms with Gasteiger partial charge in [-0.3, -0.25) is 4.79 Å². The third-order valence-electron chi connectivity index (χ3n) is 3.80. The van der Waals surface area contributed by atoms with Crippen molar-refractivity contribution in [2.45, 2.75) is 38.5 Å². The van der Waals surface area contributed by atoms with Gasteiger partial charge in [0.25, 0.3) is 0 Å². The van der Waals surface area contributed by atoms with Crippen LogP contribution in [-0.4, -0.2) is 18.2 Å². The van der Waals surface area contributed by atoms with Gasteiger partial charge in [-0.05, 0) is 49.4 Å². The summed E-state index contributed by atoms with van der Waals surface area (Å²) in [5.74, 6) is 0.136. The molecule has 0 saturated heterocycles. The number of hydrogen-bond donors (Lipinski definition) is 1. The maximum Gasteiger partial charge on any atom is 0.304 e. The lowest BCUT2D eigenvalue weighted by molar-refractivity contribution is -0.137. The van der Waals surface area contributed by atoms with E-state index in [4.69, 9.17) is 9.84 Å². The lowest BCUT2D eigenvalue weighted by atomic mass is 9.89. The predicted octanol–water partition coefficient (Wildman–Crippen LogP) is 2.82. The number of hydrogen-bond acceptors (Lipinski definition) is 2. The van der Waals surface area contributed by atoms with Gasteiger partial charge in [-0.15, -0.1) is 0 Å². The molecule has 1 aliphatic rings. The third kappa shape index (κ3) is 2.14. The number of methoxy groups -OCH3 is 1. The van der Waals surface area contributed by atoms with E-state index in [0.29, 0.717) is 0 Å². The van der Waals surface area contributed by atoms with Crippen molar-refractivity contribution in [1.82, 2.24) is 0 Å². The monoisotopic (exact) mass is 234 g/mol. The average Bonchev–Trinajstić information content (AvgIpc) is 3.01. The van der Waals surface area contributed by atoms with Crippen LogP contribution >= 0.6 is 0 Å². The standard InChI is InChI=1S/C14H18O3/c1-9-6-11(7-12(17-3)10(9)2)14(4-5-14)8-13(15)16/h6-7H,4-5,8H2,1-3H3,(H,15,16). The van der Waals surface area contributed by atoms with Crippen molar-refractivity contribution >= 4 is 5.97 Å². The van der Waals surface area contributed by atoms with Gasteiger partial charge in [0, 0.05) is 5.41 Å². The summed E-state index contributed by atoms with van der Waals surface area (Å²) < 4.78 is 5.35. The molecule has 1 aliphatic carbocycles. The lowest BCUT2D eigenvalue weighted by Gasteiger charge is -2.17. The van der Waals surface area contributed by atoms with E-state index in [-0.39, 0.29) is 11.8 Å². The van der Waals surface area contributed by atoms with Gasteiger partial charge in [0.05, 0.1) is 13.5 Å². The van der Waals surface area contributed by atoms with Crippen molar-refractivity contribution in [2.75, 3.05) is 7.11 Å². The minimum Gasteiger partial charge on any atom is -0.496 e. The molecule has 1 N–H and O–H groups in total. The number of ether oxygens (including phenoxy) is 1. The molecule has 0 aliphatic heterocycles. The summed E-state index contributed by atoms with van der Waals surface area (Å²) in [5, 5.41) is 8.97. The van der Waals surface area contributed by atoms with Gasteiger partial charge in [-0.1, -0.05) is 6.07 Å². The van der Waals surface area contributed by atoms with E-state index < -0.39 is 5.97 Å². The van der Waals surface area contributed by atoms with Crippen LogP contribution in [-0.2, 0) is 10.2 Å². The van der Waals surface area contributed by atoms with E-state index in [1.54, 1.807) is 7.11 Å². The summed E-state index contributed by atoms with van der Waals surface area (Å²) in [6.07, 6.45) is 2.15. The fraction of sp³-hybridized carbons (Fsp3) is 0.500. The van der Waals surface area contributed by atoms with Crippen LogP contribution in [0.3, 0.4) is 0 Å². The SMILES string of the molecule is COc1cc(C2(CC(=O)O)CC2)cc(C)c1C. The van der Waals surface area contributed by atoms with E-state index in [9.17, 15) is 4.79 Å². The molecule has 92 valence electrons. The summed E-state index contributed by atoms with van der Waals surface area (Å²) in [7, 11) is 1.66. The van der Waals surface area contributed by atoms with Gasteiger partial charge in [0.2, 0.25) is 0 Å². The summed E-state index contributed by atoms with van der Waals surface area (Å²) in [4.78, 5) is 10.9. The van der Waals surface area contributed by atoms with Gasteiger partial charge in [-0.25, -0.2) is 0 Å². The molecular formula is C14H18O3. The molecule has 0 unspecified atom stereocenters. The van der Waals surface area contributed by atoms with Gasteiger partial charge in [-0.2, -0.15) is 0 Å². The van der Waals surface area contributed by atoms with Crippen LogP contribution in [0.5, 0.6) is 5.75 Å². The van der Waals surface area contributed by atoms with E-state index >= 15 is 0 Å². The number of carboxylic acid groups (broad SMARTS) is 1. The maximum atomic E-state index is 10.9. The zero-order chi connectivity index (χ0) is 12.6. The van der Waals surface area contributed by atoms with E-state index in [1.807, 2.05) is 19.9 Å². The molecule has 1 aromatic rings. The number of benzene rings is 1. The van der Waals surface area contributed by atoms with Gasteiger partial charge in [0.1, 0.15) is 5.75 Å². The lowest BCUT2D eigenvalue weighted by Crippen LogP contribution is -2.13. The molecule has 0 atom stereocenters. The Balaban J connectivity index is 2.40. The highest BCUT2D eigenvalue weighted by Crippen LogP contribution is 2.52. The molecule has 0 aromatic heterocycles. The van der Waals surface area contributed by atoms with Crippen molar-refractivity contribution in [1.29, 1.82) is 0 Å². The Morgan fingerprint density at radius 3 is 2.53 bits per heavy atom. The zero-order valence-electron chi connectivity index (χ0n) is 10.5. The van der Waals surface area contributed by atoms with Gasteiger partial charge in [0.15, 0.2) is 0 Å². The number of carboxylic acids is 1. The van der Waals surface area contributed by atoms with Crippen LogP contribution in [0.1, 0.15) is 36.0 Å². The first-order valence-corrected chi connectivity index (χ1v) is 5.86. The molecule has 1 aromatic carbocycles. The summed E-state index contributed by atoms with van der Waals surface area (Å²) in [5.41, 5.74) is 3.26. The fourth-order valence-electron chi connectivity index (χ4n) is 2.35. The number of carbonyl (C=O) groups is 1. The van der Waals surface area contributed by atoms with Gasteiger partial charge >= 0.3 is 5.97 Å². The maximum absolute atomic E-state index is 10.9. The van der Waals surface area contributed by atoms with E-state index in [1.165, 1.54) is 0 Å². The predicted molar refractivity (Wildman–Crippen MR) is 65.6 cm³/mol. The van der Waals surface area contributed by atoms with E-state index in [2.05, 4.69) is 6.07 Å². The largest absolute Gasteiger partial charge is 0.496 e. The molecule has 3 heteroatoms. The van der Waals surface area contributed by atoms with Crippen LogP contribution in [0, 0.1) is 13.8 Å². The summed E-state index contributed by atoms with van der Waals surface area (Å²) >= 11 is 0. The molecular weight excluding hydrogens is 216 g/mol. The second-order valence-corrected chi connectivity index (χ2v) is 4.97. The molecule has 0 spiro atoms. The summed E-state index contributed by atoms with van der Waals surface area (Å²) in [6.45, 7) is 4.06. The average molecular weight is 234 g/mol. The van der Waals surface area contributed by atoms with Crippen LogP contribution in [0.2, 0.25) is 0 Å². The van der Waals surface area contributed by atoms with E-state index in [0.717, 1.165) is 35.3 Å². The molecule has 1 saturated carbocycles. The minimum atomic E-state index is -0.723. The van der Waals surface area contributed by atoms with Gasteiger partial charge < -0.3 is 9.84 Å². The smallest absolute Gasteiger partial charge is 0.304 e. The zero-order valence-corrected chi connectivity index (χ0v) is 10.5. The number of aryl methyl sites for hydroxylation is 1. The van der Waals surface area contributed by atoms with Crippen LogP contribution in [0.15, 0.2) is 12.1 Å². The Morgan fingerprint density at radius 1 is 1.41 bits per heavy atom. The normalized spacial score (nSPS) is 16.6. The first-order chi connectivity index (χ1) is 7.98. The van der Waals surface area contributed by atoms with Crippen molar-refractivity contribution in [2.24, 2.45) is 0 Å². The fourth-order valence-corrected chi connectivity index (χ4v) is 2.35. The second-order valence-electron chi connectivity index (χ2n) is 4.97. The Bertz CT molecular complexity index is 459. The minimum absolute atomic E-state index is 0.141. The molecule has 0 amide bonds. The molecule has 1 fully saturated rings. The van der Waals surface area contributed by atoms with Crippen molar-refractivity contribution in [3.05, 3.63) is 28.8 Å². The molecule has 0 heterocycles. The molecule has 0 radical (unpaired) electrons. The third-order valence-corrected chi connectivity index (χ3v) is 3.80. The highest BCUT2D eigenvalue weighted by molar-refractivity contribution is 5.70. The number of aliphatic carboxylic acids is 1. The Kier molecular flexibility index (Phi) is 2.86. The molecule has 2 rings (SSSR count). The van der Waals surface area contributed by atoms with Crippen LogP contribution in [0.25, 0.3) is 0 Å². The Hall–Kier alpha value is -1.51. The highest BCUT2D eigenvalue weighted by atomic mass is 16.5. The molecule has 0 bridgehead atoms. The number of rotatable bonds is 4. The molecule has 17 heavy (non-hydrogen) atoms. The molecule has 3 nitrogen and oxygen atoms in total. The highest BCUT2D eigenvalue weighted by Gasteiger charge is 2.46. The van der Waals surface area contributed by atoms with Crippen molar-refractivity contribution in [3.8, 4) is 5.75 Å². The second kappa shape index (κ2) is 4.06. The van der Waals surface area contributed by atoms with Crippen LogP contribution in [0.4, 0.5) is 0 Å². The topological polar surface area (TPSA) is 46.5 Å².